The van der Waals surface area contributed by atoms with Gasteiger partial charge in [0.25, 0.3) is 0 Å². The first-order valence-electron chi connectivity index (χ1n) is 3.16. The lowest BCUT2D eigenvalue weighted by Crippen LogP contribution is -2.16. The molecule has 1 atom stereocenters. The van der Waals surface area contributed by atoms with E-state index in [-0.39, 0.29) is 12.0 Å². The van der Waals surface area contributed by atoms with Crippen LogP contribution in [0.1, 0.15) is 20.8 Å². The molecule has 0 aromatic rings. The molecule has 3 heteroatoms. The van der Waals surface area contributed by atoms with Crippen molar-refractivity contribution in [1.82, 2.24) is 0 Å². The molecule has 0 amide bonds. The normalized spacial score (nSPS) is 12.0. The molecule has 0 bridgehead atoms. The van der Waals surface area contributed by atoms with Crippen LogP contribution in [-0.4, -0.2) is 24.8 Å². The third-order valence-electron chi connectivity index (χ3n) is 0.994. The summed E-state index contributed by atoms with van der Waals surface area (Å²) in [5, 5.41) is 0. The van der Waals surface area contributed by atoms with Gasteiger partial charge in [0, 0.05) is 5.71 Å². The minimum Gasteiger partial charge on any atom is -0.467 e. The van der Waals surface area contributed by atoms with E-state index in [1.165, 1.54) is 7.11 Å². The first-order valence-corrected chi connectivity index (χ1v) is 3.16. The SMILES string of the molecule is COC(=O)C(C)N=C(C)C. The Bertz CT molecular complexity index is 148. The number of nitrogens with zero attached hydrogens (tertiary/aromatic N) is 1. The second-order valence-corrected chi connectivity index (χ2v) is 2.28. The second kappa shape index (κ2) is 4.04. The summed E-state index contributed by atoms with van der Waals surface area (Å²) in [7, 11) is 1.36. The Hall–Kier alpha value is -0.860. The van der Waals surface area contributed by atoms with Crippen LogP contribution in [0.4, 0.5) is 0 Å². The molecule has 0 fully saturated rings. The maximum atomic E-state index is 10.7. The minimum atomic E-state index is -0.366. The Kier molecular flexibility index (Phi) is 3.69. The number of methoxy groups -OCH3 is 1. The van der Waals surface area contributed by atoms with Gasteiger partial charge in [-0.25, -0.2) is 4.79 Å². The van der Waals surface area contributed by atoms with Crippen molar-refractivity contribution in [3.05, 3.63) is 0 Å². The average molecular weight is 143 g/mol. The maximum absolute atomic E-state index is 10.7. The van der Waals surface area contributed by atoms with Crippen molar-refractivity contribution in [3.8, 4) is 0 Å². The third kappa shape index (κ3) is 3.22. The first-order chi connectivity index (χ1) is 4.57. The number of ether oxygens (including phenoxy) is 1. The van der Waals surface area contributed by atoms with E-state index in [0.29, 0.717) is 0 Å². The molecule has 0 aromatic carbocycles. The monoisotopic (exact) mass is 143 g/mol. The van der Waals surface area contributed by atoms with Gasteiger partial charge in [0.1, 0.15) is 6.04 Å². The van der Waals surface area contributed by atoms with Crippen molar-refractivity contribution >= 4 is 11.7 Å². The van der Waals surface area contributed by atoms with Crippen molar-refractivity contribution in [3.63, 3.8) is 0 Å². The van der Waals surface area contributed by atoms with Crippen LogP contribution in [0.5, 0.6) is 0 Å². The average Bonchev–Trinajstić information content (AvgIpc) is 1.85. The summed E-state index contributed by atoms with van der Waals surface area (Å²) in [6.07, 6.45) is 0. The highest BCUT2D eigenvalue weighted by molar-refractivity contribution is 5.84. The zero-order valence-corrected chi connectivity index (χ0v) is 6.84. The van der Waals surface area contributed by atoms with Crippen molar-refractivity contribution in [2.45, 2.75) is 26.8 Å². The predicted octanol–water partition coefficient (Wildman–Crippen LogP) is 1.03. The molecule has 1 unspecified atom stereocenters. The van der Waals surface area contributed by atoms with E-state index in [4.69, 9.17) is 0 Å². The summed E-state index contributed by atoms with van der Waals surface area (Å²) in [5.74, 6) is -0.291. The van der Waals surface area contributed by atoms with Gasteiger partial charge in [-0.1, -0.05) is 0 Å². The van der Waals surface area contributed by atoms with Crippen molar-refractivity contribution < 1.29 is 9.53 Å². The summed E-state index contributed by atoms with van der Waals surface area (Å²) < 4.78 is 4.47. The van der Waals surface area contributed by atoms with Gasteiger partial charge in [-0.3, -0.25) is 4.99 Å². The number of hydrogen-bond donors (Lipinski definition) is 0. The van der Waals surface area contributed by atoms with E-state index in [0.717, 1.165) is 5.71 Å². The van der Waals surface area contributed by atoms with Gasteiger partial charge < -0.3 is 4.74 Å². The van der Waals surface area contributed by atoms with Crippen LogP contribution in [0.15, 0.2) is 4.99 Å². The van der Waals surface area contributed by atoms with Gasteiger partial charge in [0.05, 0.1) is 7.11 Å². The van der Waals surface area contributed by atoms with Gasteiger partial charge in [-0.05, 0) is 20.8 Å². The fourth-order valence-corrected chi connectivity index (χ4v) is 0.611. The molecule has 0 aliphatic rings. The summed E-state index contributed by atoms with van der Waals surface area (Å²) in [6, 6.07) is -0.366. The quantitative estimate of drug-likeness (QED) is 0.427. The van der Waals surface area contributed by atoms with Crippen LogP contribution >= 0.6 is 0 Å². The van der Waals surface area contributed by atoms with Gasteiger partial charge in [-0.15, -0.1) is 0 Å². The minimum absolute atomic E-state index is 0.291. The standard InChI is InChI=1S/C7H13NO2/c1-5(2)8-6(3)7(9)10-4/h6H,1-4H3. The van der Waals surface area contributed by atoms with E-state index in [9.17, 15) is 4.79 Å². The number of rotatable bonds is 2. The highest BCUT2D eigenvalue weighted by Crippen LogP contribution is 1.92. The van der Waals surface area contributed by atoms with Crippen LogP contribution in [0.25, 0.3) is 0 Å². The van der Waals surface area contributed by atoms with Gasteiger partial charge in [-0.2, -0.15) is 0 Å². The number of hydrogen-bond acceptors (Lipinski definition) is 3. The summed E-state index contributed by atoms with van der Waals surface area (Å²) in [4.78, 5) is 14.7. The molecule has 0 heterocycles. The highest BCUT2D eigenvalue weighted by Gasteiger charge is 2.09. The number of esters is 1. The largest absolute Gasteiger partial charge is 0.467 e. The lowest BCUT2D eigenvalue weighted by atomic mass is 10.3. The van der Waals surface area contributed by atoms with Crippen LogP contribution in [-0.2, 0) is 9.53 Å². The van der Waals surface area contributed by atoms with Crippen LogP contribution in [0, 0.1) is 0 Å². The van der Waals surface area contributed by atoms with E-state index >= 15 is 0 Å². The molecule has 0 aliphatic carbocycles. The summed E-state index contributed by atoms with van der Waals surface area (Å²) in [6.45, 7) is 5.40. The fraction of sp³-hybridized carbons (Fsp3) is 0.714. The van der Waals surface area contributed by atoms with Crippen LogP contribution < -0.4 is 0 Å². The van der Waals surface area contributed by atoms with Crippen molar-refractivity contribution in [1.29, 1.82) is 0 Å². The Morgan fingerprint density at radius 3 is 2.30 bits per heavy atom. The molecule has 3 nitrogen and oxygen atoms in total. The maximum Gasteiger partial charge on any atom is 0.330 e. The Balaban J connectivity index is 3.96. The molecule has 10 heavy (non-hydrogen) atoms. The number of carbonyl (C=O) groups is 1. The fourth-order valence-electron chi connectivity index (χ4n) is 0.611. The van der Waals surface area contributed by atoms with Crippen molar-refractivity contribution in [2.75, 3.05) is 7.11 Å². The first kappa shape index (κ1) is 9.14. The zero-order chi connectivity index (χ0) is 8.15. The molecule has 0 N–H and O–H groups in total. The van der Waals surface area contributed by atoms with Gasteiger partial charge in [0.2, 0.25) is 0 Å². The number of carbonyl (C=O) groups excluding carboxylic acids is 1. The van der Waals surface area contributed by atoms with E-state index in [1.807, 2.05) is 13.8 Å². The molecule has 0 aliphatic heterocycles. The van der Waals surface area contributed by atoms with Gasteiger partial charge >= 0.3 is 5.97 Å². The lowest BCUT2D eigenvalue weighted by Gasteiger charge is -2.02. The number of aliphatic imine (C=N–C) groups is 1. The molecular weight excluding hydrogens is 130 g/mol. The van der Waals surface area contributed by atoms with Crippen LogP contribution in [0.3, 0.4) is 0 Å². The smallest absolute Gasteiger partial charge is 0.330 e. The molecule has 0 rings (SSSR count). The Morgan fingerprint density at radius 1 is 1.50 bits per heavy atom. The lowest BCUT2D eigenvalue weighted by molar-refractivity contribution is -0.141. The topological polar surface area (TPSA) is 38.7 Å². The van der Waals surface area contributed by atoms with Crippen LogP contribution in [0.2, 0.25) is 0 Å². The van der Waals surface area contributed by atoms with E-state index < -0.39 is 0 Å². The molecule has 0 aromatic heterocycles. The molecule has 58 valence electrons. The molecule has 0 saturated carbocycles. The molecular formula is C7H13NO2. The predicted molar refractivity (Wildman–Crippen MR) is 40.3 cm³/mol. The molecule has 0 spiro atoms. The van der Waals surface area contributed by atoms with Gasteiger partial charge in [0.15, 0.2) is 0 Å². The zero-order valence-electron chi connectivity index (χ0n) is 6.84. The Morgan fingerprint density at radius 2 is 2.00 bits per heavy atom. The summed E-state index contributed by atoms with van der Waals surface area (Å²) in [5.41, 5.74) is 0.887. The molecule has 0 saturated heterocycles. The highest BCUT2D eigenvalue weighted by atomic mass is 16.5. The van der Waals surface area contributed by atoms with E-state index in [2.05, 4.69) is 9.73 Å². The van der Waals surface area contributed by atoms with Crippen molar-refractivity contribution in [2.24, 2.45) is 4.99 Å². The molecule has 0 radical (unpaired) electrons. The second-order valence-electron chi connectivity index (χ2n) is 2.28. The van der Waals surface area contributed by atoms with E-state index in [1.54, 1.807) is 6.92 Å². The Labute approximate surface area is 61.1 Å². The third-order valence-corrected chi connectivity index (χ3v) is 0.994. The summed E-state index contributed by atoms with van der Waals surface area (Å²) >= 11 is 0.